The van der Waals surface area contributed by atoms with Gasteiger partial charge in [0.25, 0.3) is 0 Å². The molecule has 0 fully saturated rings. The number of nitrogens with two attached hydrogens (primary N) is 1. The standard InChI is InChI=1S/C16H14ClN3O/c1-21-14-9-13(18)15-12(3-2-8-19-15)16(14)20-11-6-4-10(17)5-7-11/h2-9,20H,18H2,1H3. The fourth-order valence-corrected chi connectivity index (χ4v) is 2.35. The molecule has 0 aliphatic carbocycles. The molecule has 2 aromatic carbocycles. The third-order valence-electron chi connectivity index (χ3n) is 3.22. The number of hydrogen-bond donors (Lipinski definition) is 2. The van der Waals surface area contributed by atoms with Crippen molar-refractivity contribution in [1.82, 2.24) is 4.98 Å². The van der Waals surface area contributed by atoms with Gasteiger partial charge in [-0.25, -0.2) is 0 Å². The summed E-state index contributed by atoms with van der Waals surface area (Å²) in [4.78, 5) is 4.33. The summed E-state index contributed by atoms with van der Waals surface area (Å²) >= 11 is 5.91. The number of ether oxygens (including phenoxy) is 1. The van der Waals surface area contributed by atoms with Crippen LogP contribution in [0.4, 0.5) is 17.1 Å². The first-order chi connectivity index (χ1) is 10.2. The Bertz CT molecular complexity index is 787. The molecule has 0 aliphatic rings. The summed E-state index contributed by atoms with van der Waals surface area (Å²) in [5.74, 6) is 0.669. The number of pyridine rings is 1. The van der Waals surface area contributed by atoms with Crippen LogP contribution in [0.3, 0.4) is 0 Å². The van der Waals surface area contributed by atoms with Gasteiger partial charge in [-0.1, -0.05) is 11.6 Å². The Morgan fingerprint density at radius 2 is 1.95 bits per heavy atom. The summed E-state index contributed by atoms with van der Waals surface area (Å²) in [5.41, 5.74) is 9.10. The molecular formula is C16H14ClN3O. The van der Waals surface area contributed by atoms with Crippen LogP contribution in [0.25, 0.3) is 10.9 Å². The highest BCUT2D eigenvalue weighted by atomic mass is 35.5. The van der Waals surface area contributed by atoms with Gasteiger partial charge in [0, 0.05) is 28.4 Å². The highest BCUT2D eigenvalue weighted by molar-refractivity contribution is 6.30. The van der Waals surface area contributed by atoms with E-state index in [4.69, 9.17) is 22.1 Å². The largest absolute Gasteiger partial charge is 0.494 e. The maximum absolute atomic E-state index is 6.03. The molecule has 0 bridgehead atoms. The molecule has 3 aromatic rings. The number of rotatable bonds is 3. The number of nitrogens with zero attached hydrogens (tertiary/aromatic N) is 1. The lowest BCUT2D eigenvalue weighted by Gasteiger charge is -2.15. The van der Waals surface area contributed by atoms with E-state index in [9.17, 15) is 0 Å². The van der Waals surface area contributed by atoms with Crippen LogP contribution in [-0.4, -0.2) is 12.1 Å². The Hall–Kier alpha value is -2.46. The molecule has 0 radical (unpaired) electrons. The van der Waals surface area contributed by atoms with Gasteiger partial charge < -0.3 is 15.8 Å². The molecule has 1 heterocycles. The van der Waals surface area contributed by atoms with Gasteiger partial charge in [0.2, 0.25) is 0 Å². The number of benzene rings is 2. The van der Waals surface area contributed by atoms with Crippen LogP contribution in [0.1, 0.15) is 0 Å². The van der Waals surface area contributed by atoms with Crippen molar-refractivity contribution >= 4 is 39.6 Å². The van der Waals surface area contributed by atoms with Gasteiger partial charge in [-0.3, -0.25) is 4.98 Å². The van der Waals surface area contributed by atoms with E-state index >= 15 is 0 Å². The zero-order valence-electron chi connectivity index (χ0n) is 11.4. The Morgan fingerprint density at radius 3 is 2.67 bits per heavy atom. The zero-order chi connectivity index (χ0) is 14.8. The number of fused-ring (bicyclic) bond motifs is 1. The third-order valence-corrected chi connectivity index (χ3v) is 3.47. The monoisotopic (exact) mass is 299 g/mol. The SMILES string of the molecule is COc1cc(N)c2ncccc2c1Nc1ccc(Cl)cc1. The van der Waals surface area contributed by atoms with E-state index in [-0.39, 0.29) is 0 Å². The second kappa shape index (κ2) is 5.50. The summed E-state index contributed by atoms with van der Waals surface area (Å²) < 4.78 is 5.43. The van der Waals surface area contributed by atoms with E-state index in [0.29, 0.717) is 16.5 Å². The lowest BCUT2D eigenvalue weighted by Crippen LogP contribution is -1.99. The van der Waals surface area contributed by atoms with E-state index in [1.54, 1.807) is 19.4 Å². The molecule has 106 valence electrons. The van der Waals surface area contributed by atoms with E-state index < -0.39 is 0 Å². The van der Waals surface area contributed by atoms with Crippen LogP contribution in [0.15, 0.2) is 48.7 Å². The van der Waals surface area contributed by atoms with Gasteiger partial charge in [0.05, 0.1) is 24.0 Å². The molecule has 0 saturated heterocycles. The number of nitrogens with one attached hydrogen (secondary N) is 1. The van der Waals surface area contributed by atoms with Gasteiger partial charge in [0.15, 0.2) is 0 Å². The van der Waals surface area contributed by atoms with E-state index in [1.807, 2.05) is 36.4 Å². The zero-order valence-corrected chi connectivity index (χ0v) is 12.2. The second-order valence-electron chi connectivity index (χ2n) is 4.57. The Balaban J connectivity index is 2.15. The Morgan fingerprint density at radius 1 is 1.19 bits per heavy atom. The lowest BCUT2D eigenvalue weighted by atomic mass is 10.1. The molecule has 4 nitrogen and oxygen atoms in total. The van der Waals surface area contributed by atoms with Crippen molar-refractivity contribution in [2.24, 2.45) is 0 Å². The molecule has 0 aliphatic heterocycles. The molecule has 21 heavy (non-hydrogen) atoms. The topological polar surface area (TPSA) is 60.2 Å². The predicted molar refractivity (Wildman–Crippen MR) is 87.4 cm³/mol. The first-order valence-electron chi connectivity index (χ1n) is 6.43. The first-order valence-corrected chi connectivity index (χ1v) is 6.80. The van der Waals surface area contributed by atoms with Crippen LogP contribution in [-0.2, 0) is 0 Å². The van der Waals surface area contributed by atoms with Crippen LogP contribution < -0.4 is 15.8 Å². The molecule has 0 atom stereocenters. The Kier molecular flexibility index (Phi) is 3.54. The minimum absolute atomic E-state index is 0.587. The molecule has 3 N–H and O–H groups in total. The lowest BCUT2D eigenvalue weighted by molar-refractivity contribution is 0.417. The quantitative estimate of drug-likeness (QED) is 0.711. The van der Waals surface area contributed by atoms with Gasteiger partial charge in [-0.05, 0) is 36.4 Å². The van der Waals surface area contributed by atoms with E-state index in [0.717, 1.165) is 22.3 Å². The van der Waals surface area contributed by atoms with Crippen LogP contribution in [0, 0.1) is 0 Å². The van der Waals surface area contributed by atoms with Crippen molar-refractivity contribution in [2.75, 3.05) is 18.2 Å². The average molecular weight is 300 g/mol. The highest BCUT2D eigenvalue weighted by Gasteiger charge is 2.12. The van der Waals surface area contributed by atoms with E-state index in [1.165, 1.54) is 0 Å². The summed E-state index contributed by atoms with van der Waals surface area (Å²) in [7, 11) is 1.62. The van der Waals surface area contributed by atoms with E-state index in [2.05, 4.69) is 10.3 Å². The minimum atomic E-state index is 0.587. The van der Waals surface area contributed by atoms with Gasteiger partial charge in [-0.15, -0.1) is 0 Å². The highest BCUT2D eigenvalue weighted by Crippen LogP contribution is 2.38. The predicted octanol–water partition coefficient (Wildman–Crippen LogP) is 4.22. The Labute approximate surface area is 127 Å². The maximum atomic E-state index is 6.03. The van der Waals surface area contributed by atoms with Crippen LogP contribution >= 0.6 is 11.6 Å². The molecule has 3 rings (SSSR count). The number of hydrogen-bond acceptors (Lipinski definition) is 4. The molecular weight excluding hydrogens is 286 g/mol. The van der Waals surface area contributed by atoms with Crippen molar-refractivity contribution < 1.29 is 4.74 Å². The second-order valence-corrected chi connectivity index (χ2v) is 5.01. The number of nitrogen functional groups attached to an aromatic ring is 1. The van der Waals surface area contributed by atoms with Crippen LogP contribution in [0.5, 0.6) is 5.75 Å². The summed E-state index contributed by atoms with van der Waals surface area (Å²) in [5, 5.41) is 4.94. The molecule has 0 saturated carbocycles. The molecule has 0 amide bonds. The van der Waals surface area contributed by atoms with Crippen LogP contribution in [0.2, 0.25) is 5.02 Å². The van der Waals surface area contributed by atoms with Gasteiger partial charge in [-0.2, -0.15) is 0 Å². The van der Waals surface area contributed by atoms with Gasteiger partial charge in [0.1, 0.15) is 5.75 Å². The maximum Gasteiger partial charge on any atom is 0.145 e. The number of anilines is 3. The fraction of sp³-hybridized carbons (Fsp3) is 0.0625. The first kappa shape index (κ1) is 13.5. The fourth-order valence-electron chi connectivity index (χ4n) is 2.22. The molecule has 0 spiro atoms. The summed E-state index contributed by atoms with van der Waals surface area (Å²) in [6.45, 7) is 0. The molecule has 5 heteroatoms. The normalized spacial score (nSPS) is 10.6. The minimum Gasteiger partial charge on any atom is -0.494 e. The number of methoxy groups -OCH3 is 1. The molecule has 0 unspecified atom stereocenters. The van der Waals surface area contributed by atoms with Crippen molar-refractivity contribution in [3.8, 4) is 5.75 Å². The summed E-state index contributed by atoms with van der Waals surface area (Å²) in [6.07, 6.45) is 1.72. The third kappa shape index (κ3) is 2.58. The van der Waals surface area contributed by atoms with Crippen molar-refractivity contribution in [1.29, 1.82) is 0 Å². The van der Waals surface area contributed by atoms with Crippen molar-refractivity contribution in [2.45, 2.75) is 0 Å². The smallest absolute Gasteiger partial charge is 0.145 e. The van der Waals surface area contributed by atoms with Gasteiger partial charge >= 0.3 is 0 Å². The average Bonchev–Trinajstić information content (AvgIpc) is 2.52. The number of aromatic nitrogens is 1. The van der Waals surface area contributed by atoms with Crippen molar-refractivity contribution in [3.05, 3.63) is 53.7 Å². The van der Waals surface area contributed by atoms with Crippen molar-refractivity contribution in [3.63, 3.8) is 0 Å². The number of halogens is 1. The summed E-state index contributed by atoms with van der Waals surface area (Å²) in [6, 6.07) is 13.1. The molecule has 1 aromatic heterocycles.